The van der Waals surface area contributed by atoms with Crippen molar-refractivity contribution in [1.82, 2.24) is 19.9 Å². The largest absolute Gasteiger partial charge is 0.454 e. The minimum atomic E-state index is -4.65. The Morgan fingerprint density at radius 3 is 2.27 bits per heavy atom. The molecule has 0 aliphatic rings. The van der Waals surface area contributed by atoms with Crippen LogP contribution in [0.25, 0.3) is 11.1 Å². The molecule has 0 atom stereocenters. The smallest absolute Gasteiger partial charge is 0.422 e. The van der Waals surface area contributed by atoms with Crippen LogP contribution in [0.3, 0.4) is 0 Å². The molecule has 192 valence electrons. The lowest BCUT2D eigenvalue weighted by atomic mass is 10.0. The number of hydrogen-bond acceptors (Lipinski definition) is 7. The molecule has 0 aliphatic carbocycles. The second kappa shape index (κ2) is 10.7. The van der Waals surface area contributed by atoms with Crippen LogP contribution < -0.4 is 15.4 Å². The first-order chi connectivity index (χ1) is 17.5. The molecule has 2 heterocycles. The summed E-state index contributed by atoms with van der Waals surface area (Å²) in [5.41, 5.74) is 1.63. The van der Waals surface area contributed by atoms with Gasteiger partial charge < -0.3 is 15.4 Å². The number of anilines is 3. The van der Waals surface area contributed by atoms with Crippen molar-refractivity contribution in [3.8, 4) is 17.1 Å². The molecule has 0 amide bonds. The van der Waals surface area contributed by atoms with E-state index >= 15 is 0 Å². The number of halogens is 6. The molecule has 0 radical (unpaired) electrons. The predicted molar refractivity (Wildman–Crippen MR) is 123 cm³/mol. The van der Waals surface area contributed by atoms with Crippen LogP contribution in [-0.4, -0.2) is 32.7 Å². The Labute approximate surface area is 206 Å². The minimum Gasteiger partial charge on any atom is -0.454 e. The van der Waals surface area contributed by atoms with Crippen LogP contribution >= 0.6 is 0 Å². The molecular formula is C24H18F6N6O. The van der Waals surface area contributed by atoms with Gasteiger partial charge in [-0.3, -0.25) is 4.98 Å². The molecule has 2 N–H and O–H groups in total. The molecule has 0 bridgehead atoms. The summed E-state index contributed by atoms with van der Waals surface area (Å²) in [4.78, 5) is 15.7. The summed E-state index contributed by atoms with van der Waals surface area (Å²) in [5, 5.41) is 5.43. The highest BCUT2D eigenvalue weighted by Crippen LogP contribution is 2.31. The van der Waals surface area contributed by atoms with Gasteiger partial charge in [-0.2, -0.15) is 41.3 Å². The number of aromatic nitrogens is 4. The molecule has 0 spiro atoms. The van der Waals surface area contributed by atoms with Gasteiger partial charge in [-0.1, -0.05) is 30.3 Å². The van der Waals surface area contributed by atoms with E-state index in [1.807, 2.05) is 30.3 Å². The molecule has 2 aromatic carbocycles. The Bertz CT molecular complexity index is 1350. The number of benzene rings is 2. The third kappa shape index (κ3) is 7.53. The van der Waals surface area contributed by atoms with E-state index in [4.69, 9.17) is 0 Å². The maximum atomic E-state index is 13.0. The van der Waals surface area contributed by atoms with Crippen LogP contribution in [0.1, 0.15) is 11.1 Å². The normalized spacial score (nSPS) is 11.7. The van der Waals surface area contributed by atoms with E-state index in [0.29, 0.717) is 0 Å². The predicted octanol–water partition coefficient (Wildman–Crippen LogP) is 6.25. The molecule has 13 heteroatoms. The zero-order chi connectivity index (χ0) is 26.5. The minimum absolute atomic E-state index is 0.0297. The van der Waals surface area contributed by atoms with Crippen molar-refractivity contribution in [3.05, 3.63) is 84.2 Å². The fourth-order valence-electron chi connectivity index (χ4n) is 3.18. The molecule has 37 heavy (non-hydrogen) atoms. The van der Waals surface area contributed by atoms with Gasteiger partial charge in [-0.25, -0.2) is 0 Å². The Morgan fingerprint density at radius 2 is 1.54 bits per heavy atom. The van der Waals surface area contributed by atoms with Crippen LogP contribution in [-0.2, 0) is 12.7 Å². The summed E-state index contributed by atoms with van der Waals surface area (Å²) in [7, 11) is 0. The average Bonchev–Trinajstić information content (AvgIpc) is 2.86. The molecule has 4 rings (SSSR count). The molecule has 0 saturated heterocycles. The molecule has 4 aromatic rings. The Hall–Kier alpha value is -4.42. The molecule has 7 nitrogen and oxygen atoms in total. The van der Waals surface area contributed by atoms with Crippen molar-refractivity contribution in [3.63, 3.8) is 0 Å². The summed E-state index contributed by atoms with van der Waals surface area (Å²) >= 11 is 0. The highest BCUT2D eigenvalue weighted by molar-refractivity contribution is 5.63. The Kier molecular flexibility index (Phi) is 7.41. The zero-order valence-corrected chi connectivity index (χ0v) is 18.8. The summed E-state index contributed by atoms with van der Waals surface area (Å²) < 4.78 is 81.7. The number of hydrogen-bond donors (Lipinski definition) is 2. The zero-order valence-electron chi connectivity index (χ0n) is 18.8. The lowest BCUT2D eigenvalue weighted by Crippen LogP contribution is -2.21. The molecule has 0 fully saturated rings. The third-order valence-corrected chi connectivity index (χ3v) is 4.80. The second-order valence-corrected chi connectivity index (χ2v) is 7.67. The number of nitrogens with zero attached hydrogens (tertiary/aromatic N) is 4. The van der Waals surface area contributed by atoms with Gasteiger partial charge in [0, 0.05) is 24.6 Å². The maximum Gasteiger partial charge on any atom is 0.422 e. The van der Waals surface area contributed by atoms with Gasteiger partial charge >= 0.3 is 18.4 Å². The van der Waals surface area contributed by atoms with Gasteiger partial charge in [0.1, 0.15) is 0 Å². The third-order valence-electron chi connectivity index (χ3n) is 4.80. The lowest BCUT2D eigenvalue weighted by molar-refractivity contribution is -0.154. The van der Waals surface area contributed by atoms with Crippen molar-refractivity contribution in [2.75, 3.05) is 17.2 Å². The van der Waals surface area contributed by atoms with E-state index in [2.05, 4.69) is 35.3 Å². The van der Waals surface area contributed by atoms with E-state index < -0.39 is 30.5 Å². The molecular weight excluding hydrogens is 502 g/mol. The summed E-state index contributed by atoms with van der Waals surface area (Å²) in [6.45, 7) is -1.48. The van der Waals surface area contributed by atoms with Crippen molar-refractivity contribution in [1.29, 1.82) is 0 Å². The number of alkyl halides is 6. The van der Waals surface area contributed by atoms with E-state index in [1.165, 1.54) is 12.1 Å². The van der Waals surface area contributed by atoms with Gasteiger partial charge in [-0.05, 0) is 47.0 Å². The second-order valence-electron chi connectivity index (χ2n) is 7.67. The van der Waals surface area contributed by atoms with Crippen LogP contribution in [0.15, 0.2) is 73.1 Å². The molecule has 0 saturated carbocycles. The standard InChI is InChI=1S/C24H18F6N6O/c25-23(26,27)14-37-22-35-20(32-12-15-4-1-5-16(10-15)17-6-3-9-31-13-17)34-21(36-22)33-19-8-2-7-18(11-19)24(28,29)30/h1-11,13H,12,14H2,(H2,32,33,34,35,36). The quantitative estimate of drug-likeness (QED) is 0.266. The van der Waals surface area contributed by atoms with Crippen LogP contribution in [0.2, 0.25) is 0 Å². The topological polar surface area (TPSA) is 84.8 Å². The molecule has 2 aromatic heterocycles. The van der Waals surface area contributed by atoms with Gasteiger partial charge in [0.25, 0.3) is 0 Å². The number of nitrogens with one attached hydrogen (secondary N) is 2. The van der Waals surface area contributed by atoms with Crippen molar-refractivity contribution < 1.29 is 31.1 Å². The number of ether oxygens (including phenoxy) is 1. The van der Waals surface area contributed by atoms with Gasteiger partial charge in [-0.15, -0.1) is 0 Å². The van der Waals surface area contributed by atoms with Crippen molar-refractivity contribution in [2.45, 2.75) is 18.9 Å². The summed E-state index contributed by atoms with van der Waals surface area (Å²) in [6.07, 6.45) is -5.88. The van der Waals surface area contributed by atoms with E-state index in [0.717, 1.165) is 28.8 Å². The van der Waals surface area contributed by atoms with Gasteiger partial charge in [0.15, 0.2) is 6.61 Å². The van der Waals surface area contributed by atoms with Crippen molar-refractivity contribution >= 4 is 17.6 Å². The van der Waals surface area contributed by atoms with E-state index in [1.54, 1.807) is 18.5 Å². The Morgan fingerprint density at radius 1 is 0.784 bits per heavy atom. The first kappa shape index (κ1) is 25.7. The number of rotatable bonds is 8. The Balaban J connectivity index is 1.56. The fourth-order valence-corrected chi connectivity index (χ4v) is 3.18. The SMILES string of the molecule is FC(F)(F)COc1nc(NCc2cccc(-c3cccnc3)c2)nc(Nc2cccc(C(F)(F)F)c2)n1. The van der Waals surface area contributed by atoms with Gasteiger partial charge in [0.2, 0.25) is 11.9 Å². The van der Waals surface area contributed by atoms with Crippen molar-refractivity contribution in [2.24, 2.45) is 0 Å². The van der Waals surface area contributed by atoms with Crippen LogP contribution in [0.5, 0.6) is 6.01 Å². The highest BCUT2D eigenvalue weighted by Gasteiger charge is 2.31. The highest BCUT2D eigenvalue weighted by atomic mass is 19.4. The molecule has 0 aliphatic heterocycles. The van der Waals surface area contributed by atoms with Crippen LogP contribution in [0, 0.1) is 0 Å². The first-order valence-electron chi connectivity index (χ1n) is 10.7. The van der Waals surface area contributed by atoms with E-state index in [9.17, 15) is 26.3 Å². The monoisotopic (exact) mass is 520 g/mol. The van der Waals surface area contributed by atoms with Gasteiger partial charge in [0.05, 0.1) is 5.56 Å². The van der Waals surface area contributed by atoms with E-state index in [-0.39, 0.29) is 24.1 Å². The molecule has 0 unspecified atom stereocenters. The van der Waals surface area contributed by atoms with Crippen LogP contribution in [0.4, 0.5) is 43.9 Å². The maximum absolute atomic E-state index is 13.0. The number of pyridine rings is 1. The average molecular weight is 520 g/mol. The first-order valence-corrected chi connectivity index (χ1v) is 10.7. The summed E-state index contributed by atoms with van der Waals surface area (Å²) in [5.74, 6) is -0.452. The fraction of sp³-hybridized carbons (Fsp3) is 0.167. The summed E-state index contributed by atoms with van der Waals surface area (Å²) in [6, 6.07) is 14.6. The lowest BCUT2D eigenvalue weighted by Gasteiger charge is -2.13.